The van der Waals surface area contributed by atoms with Gasteiger partial charge in [-0.05, 0) is 42.5 Å². The molecule has 11 nitrogen and oxygen atoms in total. The van der Waals surface area contributed by atoms with Crippen molar-refractivity contribution in [3.8, 4) is 40.5 Å². The van der Waals surface area contributed by atoms with E-state index in [9.17, 15) is 5.11 Å². The maximum Gasteiger partial charge on any atom is 0.263 e. The summed E-state index contributed by atoms with van der Waals surface area (Å²) in [6.45, 7) is 2.81. The Morgan fingerprint density at radius 1 is 0.778 bits per heavy atom. The number of hydrogen-bond donors (Lipinski definition) is 3. The molecular formula is C32H29F2N7O4. The lowest BCUT2D eigenvalue weighted by atomic mass is 10.2. The van der Waals surface area contributed by atoms with Gasteiger partial charge in [-0.3, -0.25) is 15.4 Å². The lowest BCUT2D eigenvalue weighted by molar-refractivity contribution is 0.338. The topological polar surface area (TPSA) is 142 Å². The Morgan fingerprint density at radius 2 is 1.29 bits per heavy atom. The molecule has 4 N–H and O–H groups in total. The number of nitrogen functional groups attached to an aromatic ring is 1. The quantitative estimate of drug-likeness (QED) is 0.175. The third kappa shape index (κ3) is 6.05. The van der Waals surface area contributed by atoms with E-state index < -0.39 is 35.0 Å². The Bertz CT molecular complexity index is 1860. The fourth-order valence-electron chi connectivity index (χ4n) is 4.93. The van der Waals surface area contributed by atoms with Crippen LogP contribution < -0.4 is 19.9 Å². The van der Waals surface area contributed by atoms with Gasteiger partial charge in [0.2, 0.25) is 17.4 Å². The highest BCUT2D eigenvalue weighted by Gasteiger charge is 2.27. The standard InChI is InChI=1S/C32H29F2N7O4/c1-40-13-11-37-29(40)18-5-3-7-20(15-18)43-27-25(33)31(44-21-8-4-6-19(16-21)30-38-12-14-41(30)2)39-32(26(27)34)45-22-9-10-24(42)23(17-22)28(35)36/h3-10,15-17,42H,11-14H2,1-2H3,(H3,35,36). The average molecular weight is 614 g/mol. The summed E-state index contributed by atoms with van der Waals surface area (Å²) in [4.78, 5) is 17.0. The highest BCUT2D eigenvalue weighted by atomic mass is 19.1. The third-order valence-corrected chi connectivity index (χ3v) is 7.19. The van der Waals surface area contributed by atoms with Gasteiger partial charge in [-0.1, -0.05) is 24.3 Å². The normalized spacial score (nSPS) is 14.3. The highest BCUT2D eigenvalue weighted by molar-refractivity contribution is 6.00. The first-order chi connectivity index (χ1) is 21.7. The fourth-order valence-corrected chi connectivity index (χ4v) is 4.93. The minimum absolute atomic E-state index is 0.0264. The van der Waals surface area contributed by atoms with Crippen molar-refractivity contribution in [2.75, 3.05) is 40.3 Å². The zero-order valence-electron chi connectivity index (χ0n) is 24.4. The summed E-state index contributed by atoms with van der Waals surface area (Å²) in [5.41, 5.74) is 6.97. The van der Waals surface area contributed by atoms with E-state index >= 15 is 8.78 Å². The van der Waals surface area contributed by atoms with Gasteiger partial charge in [0.15, 0.2) is 0 Å². The molecule has 0 radical (unpaired) electrons. The lowest BCUT2D eigenvalue weighted by Crippen LogP contribution is -2.23. The van der Waals surface area contributed by atoms with Crippen molar-refractivity contribution in [3.05, 3.63) is 95.1 Å². The molecule has 0 atom stereocenters. The number of rotatable bonds is 9. The van der Waals surface area contributed by atoms with Crippen molar-refractivity contribution in [1.82, 2.24) is 14.8 Å². The molecule has 6 rings (SSSR count). The average Bonchev–Trinajstić information content (AvgIpc) is 3.66. The highest BCUT2D eigenvalue weighted by Crippen LogP contribution is 2.40. The molecule has 0 bridgehead atoms. The van der Waals surface area contributed by atoms with Crippen LogP contribution in [-0.4, -0.2) is 77.7 Å². The molecular weight excluding hydrogens is 584 g/mol. The summed E-state index contributed by atoms with van der Waals surface area (Å²) >= 11 is 0. The number of pyridine rings is 1. The van der Waals surface area contributed by atoms with Crippen LogP contribution in [-0.2, 0) is 0 Å². The van der Waals surface area contributed by atoms with Crippen LogP contribution >= 0.6 is 0 Å². The minimum Gasteiger partial charge on any atom is -0.507 e. The van der Waals surface area contributed by atoms with Crippen LogP contribution in [0.5, 0.6) is 40.5 Å². The molecule has 230 valence electrons. The monoisotopic (exact) mass is 613 g/mol. The van der Waals surface area contributed by atoms with Gasteiger partial charge in [0.1, 0.15) is 40.5 Å². The number of ether oxygens (including phenoxy) is 3. The van der Waals surface area contributed by atoms with Crippen molar-refractivity contribution in [2.45, 2.75) is 0 Å². The molecule has 3 aromatic carbocycles. The van der Waals surface area contributed by atoms with E-state index in [0.717, 1.165) is 30.3 Å². The Morgan fingerprint density at radius 3 is 1.78 bits per heavy atom. The van der Waals surface area contributed by atoms with Gasteiger partial charge >= 0.3 is 0 Å². The maximum absolute atomic E-state index is 16.0. The van der Waals surface area contributed by atoms with Crippen molar-refractivity contribution < 1.29 is 28.1 Å². The molecule has 0 spiro atoms. The summed E-state index contributed by atoms with van der Waals surface area (Å²) in [7, 11) is 3.82. The first-order valence-electron chi connectivity index (χ1n) is 14.0. The molecule has 0 saturated carbocycles. The second kappa shape index (κ2) is 12.1. The Kier molecular flexibility index (Phi) is 7.90. The van der Waals surface area contributed by atoms with Crippen LogP contribution in [0.2, 0.25) is 0 Å². The number of halogens is 2. The van der Waals surface area contributed by atoms with Crippen LogP contribution in [0.1, 0.15) is 16.7 Å². The van der Waals surface area contributed by atoms with Crippen molar-refractivity contribution in [1.29, 1.82) is 5.41 Å². The number of nitrogens with one attached hydrogen (secondary N) is 1. The van der Waals surface area contributed by atoms with E-state index in [-0.39, 0.29) is 28.6 Å². The van der Waals surface area contributed by atoms with E-state index in [1.807, 2.05) is 36.0 Å². The van der Waals surface area contributed by atoms with Gasteiger partial charge in [0, 0.05) is 38.3 Å². The molecule has 0 aliphatic carbocycles. The summed E-state index contributed by atoms with van der Waals surface area (Å²) in [6, 6.07) is 17.3. The van der Waals surface area contributed by atoms with E-state index in [4.69, 9.17) is 25.4 Å². The number of aliphatic imine (C=N–C) groups is 2. The first-order valence-corrected chi connectivity index (χ1v) is 14.0. The zero-order chi connectivity index (χ0) is 31.7. The molecule has 0 fully saturated rings. The molecule has 0 unspecified atom stereocenters. The molecule has 45 heavy (non-hydrogen) atoms. The summed E-state index contributed by atoms with van der Waals surface area (Å²) in [6.07, 6.45) is 0. The number of amidine groups is 3. The smallest absolute Gasteiger partial charge is 0.263 e. The van der Waals surface area contributed by atoms with E-state index in [1.165, 1.54) is 18.2 Å². The van der Waals surface area contributed by atoms with Gasteiger partial charge in [0.25, 0.3) is 11.8 Å². The molecule has 2 aliphatic heterocycles. The largest absolute Gasteiger partial charge is 0.507 e. The summed E-state index contributed by atoms with van der Waals surface area (Å²) in [5, 5.41) is 17.7. The Labute approximate surface area is 257 Å². The van der Waals surface area contributed by atoms with E-state index in [0.29, 0.717) is 18.7 Å². The zero-order valence-corrected chi connectivity index (χ0v) is 24.4. The van der Waals surface area contributed by atoms with E-state index in [2.05, 4.69) is 15.0 Å². The lowest BCUT2D eigenvalue weighted by Gasteiger charge is -2.17. The Hall–Kier alpha value is -5.72. The van der Waals surface area contributed by atoms with Gasteiger partial charge in [-0.2, -0.15) is 13.8 Å². The SMILES string of the molecule is CN1CCN=C1c1cccc(Oc2nc(Oc3ccc(O)c(C(=N)N)c3)c(F)c(Oc3cccc(C4=NCCN4C)c3)c2F)c1. The fraction of sp³-hybridized carbons (Fsp3) is 0.188. The summed E-state index contributed by atoms with van der Waals surface area (Å²) < 4.78 is 49.3. The number of aromatic hydroxyl groups is 1. The minimum atomic E-state index is -1.24. The molecule has 3 heterocycles. The van der Waals surface area contributed by atoms with Gasteiger partial charge in [0.05, 0.1) is 18.7 Å². The molecule has 2 aliphatic rings. The number of benzene rings is 3. The molecule has 4 aromatic rings. The van der Waals surface area contributed by atoms with Crippen molar-refractivity contribution >= 4 is 17.5 Å². The van der Waals surface area contributed by atoms with Crippen LogP contribution in [0.4, 0.5) is 8.78 Å². The number of likely N-dealkylation sites (N-methyl/N-ethyl adjacent to an activating group) is 2. The Balaban J connectivity index is 1.40. The van der Waals surface area contributed by atoms with Gasteiger partial charge in [-0.25, -0.2) is 0 Å². The van der Waals surface area contributed by atoms with Crippen LogP contribution in [0.15, 0.2) is 76.7 Å². The number of phenolic OH excluding ortho intramolecular Hbond substituents is 1. The first kappa shape index (κ1) is 29.4. The number of hydrogen-bond acceptors (Lipinski definition) is 10. The number of nitrogens with two attached hydrogens (primary N) is 1. The number of phenols is 1. The molecule has 13 heteroatoms. The molecule has 0 saturated heterocycles. The summed E-state index contributed by atoms with van der Waals surface area (Å²) in [5.74, 6) is -3.42. The van der Waals surface area contributed by atoms with Crippen LogP contribution in [0.25, 0.3) is 0 Å². The second-order valence-corrected chi connectivity index (χ2v) is 10.4. The molecule has 0 amide bonds. The number of nitrogens with zero attached hydrogens (tertiary/aromatic N) is 5. The van der Waals surface area contributed by atoms with Crippen LogP contribution in [0, 0.1) is 17.0 Å². The van der Waals surface area contributed by atoms with Gasteiger partial charge in [-0.15, -0.1) is 0 Å². The van der Waals surface area contributed by atoms with Gasteiger partial charge < -0.3 is 34.9 Å². The second-order valence-electron chi connectivity index (χ2n) is 10.4. The van der Waals surface area contributed by atoms with Crippen molar-refractivity contribution in [3.63, 3.8) is 0 Å². The third-order valence-electron chi connectivity index (χ3n) is 7.19. The predicted molar refractivity (Wildman–Crippen MR) is 164 cm³/mol. The van der Waals surface area contributed by atoms with Crippen LogP contribution in [0.3, 0.4) is 0 Å². The molecule has 1 aromatic heterocycles. The predicted octanol–water partition coefficient (Wildman–Crippen LogP) is 5.11. The van der Waals surface area contributed by atoms with E-state index in [1.54, 1.807) is 36.4 Å². The van der Waals surface area contributed by atoms with Crippen molar-refractivity contribution in [2.24, 2.45) is 15.7 Å². The number of aromatic nitrogens is 1. The maximum atomic E-state index is 16.0.